The molecule has 0 fully saturated rings. The molecule has 0 aliphatic heterocycles. The fourth-order valence-corrected chi connectivity index (χ4v) is 12.8. The van der Waals surface area contributed by atoms with E-state index < -0.39 is 97.5 Å². The summed E-state index contributed by atoms with van der Waals surface area (Å²) in [7, 11) is -9.90. The van der Waals surface area contributed by atoms with Gasteiger partial charge < -0.3 is 33.8 Å². The van der Waals surface area contributed by atoms with Gasteiger partial charge in [-0.2, -0.15) is 0 Å². The first-order valence-electron chi connectivity index (χ1n) is 38.1. The van der Waals surface area contributed by atoms with Crippen molar-refractivity contribution in [1.82, 2.24) is 0 Å². The second-order valence-electron chi connectivity index (χ2n) is 26.8. The standard InChI is InChI=1S/C73H142O17P2/c1-6-9-12-15-18-21-24-25-26-27-28-29-30-31-32-33-35-38-43-48-53-58-72(77)89-68(62-84-71(76)57-52-47-42-37-34-22-19-16-13-10-7-2)64-87-91(79,80)85-60-67(74)61-86-92(81,82)88-65-69(90-73(78)59-54-49-44-39-40-45-50-55-66(4)5)63-83-70(75)56-51-46-41-36-23-20-17-14-11-8-3/h66-69,74H,6-65H2,1-5H3,(H,79,80)(H,81,82)/t67-,68-,69-/m1/s1. The van der Waals surface area contributed by atoms with Gasteiger partial charge >= 0.3 is 39.5 Å². The fraction of sp³-hybridized carbons (Fsp3) is 0.945. The highest BCUT2D eigenvalue weighted by atomic mass is 31.2. The molecule has 0 amide bonds. The summed E-state index contributed by atoms with van der Waals surface area (Å²) < 4.78 is 68.3. The Morgan fingerprint density at radius 1 is 0.293 bits per heavy atom. The molecule has 19 heteroatoms. The van der Waals surface area contributed by atoms with Crippen LogP contribution >= 0.6 is 15.6 Å². The minimum absolute atomic E-state index is 0.104. The SMILES string of the molecule is CCCCCCCCCCCCCCCCCCCCCCCC(=O)O[C@H](COC(=O)CCCCCCCCCCCCC)COP(=O)(O)OC[C@@H](O)COP(=O)(O)OC[C@@H](COC(=O)CCCCCCCCCCCC)OC(=O)CCCCCCCCCC(C)C. The minimum Gasteiger partial charge on any atom is -0.462 e. The van der Waals surface area contributed by atoms with Crippen LogP contribution in [0.4, 0.5) is 0 Å². The van der Waals surface area contributed by atoms with E-state index in [1.54, 1.807) is 0 Å². The van der Waals surface area contributed by atoms with E-state index in [0.29, 0.717) is 31.6 Å². The molecule has 0 aromatic rings. The molecule has 3 N–H and O–H groups in total. The number of unbranched alkanes of at least 4 members (excludes halogenated alkanes) is 45. The van der Waals surface area contributed by atoms with E-state index in [-0.39, 0.29) is 25.7 Å². The summed E-state index contributed by atoms with van der Waals surface area (Å²) in [5.74, 6) is -1.43. The van der Waals surface area contributed by atoms with Gasteiger partial charge in [0.05, 0.1) is 26.4 Å². The number of aliphatic hydroxyl groups is 1. The summed E-state index contributed by atoms with van der Waals surface area (Å²) in [6.07, 6.45) is 54.3. The highest BCUT2D eigenvalue weighted by Gasteiger charge is 2.30. The van der Waals surface area contributed by atoms with Gasteiger partial charge in [0.25, 0.3) is 0 Å². The van der Waals surface area contributed by atoms with Gasteiger partial charge in [0, 0.05) is 25.7 Å². The van der Waals surface area contributed by atoms with Crippen molar-refractivity contribution in [3.8, 4) is 0 Å². The van der Waals surface area contributed by atoms with Crippen molar-refractivity contribution in [3.63, 3.8) is 0 Å². The van der Waals surface area contributed by atoms with E-state index in [1.807, 2.05) is 0 Å². The van der Waals surface area contributed by atoms with E-state index in [4.69, 9.17) is 37.0 Å². The molecule has 0 aromatic heterocycles. The number of aliphatic hydroxyl groups excluding tert-OH is 1. The molecule has 2 unspecified atom stereocenters. The average molecular weight is 1350 g/mol. The van der Waals surface area contributed by atoms with Crippen molar-refractivity contribution in [2.45, 2.75) is 400 Å². The summed E-state index contributed by atoms with van der Waals surface area (Å²) in [6.45, 7) is 7.19. The van der Waals surface area contributed by atoms with E-state index in [1.165, 1.54) is 205 Å². The van der Waals surface area contributed by atoms with Crippen LogP contribution in [0.3, 0.4) is 0 Å². The molecule has 0 saturated carbocycles. The topological polar surface area (TPSA) is 237 Å². The molecule has 0 radical (unpaired) electrons. The van der Waals surface area contributed by atoms with Crippen LogP contribution in [0.1, 0.15) is 381 Å². The van der Waals surface area contributed by atoms with Crippen molar-refractivity contribution in [2.75, 3.05) is 39.6 Å². The number of hydrogen-bond acceptors (Lipinski definition) is 15. The van der Waals surface area contributed by atoms with Crippen LogP contribution in [-0.4, -0.2) is 96.7 Å². The summed E-state index contributed by atoms with van der Waals surface area (Å²) >= 11 is 0. The lowest BCUT2D eigenvalue weighted by Gasteiger charge is -2.21. The van der Waals surface area contributed by atoms with Crippen LogP contribution in [0.2, 0.25) is 0 Å². The predicted octanol–water partition coefficient (Wildman–Crippen LogP) is 21.3. The van der Waals surface area contributed by atoms with Gasteiger partial charge in [0.1, 0.15) is 19.3 Å². The van der Waals surface area contributed by atoms with Crippen LogP contribution < -0.4 is 0 Å². The van der Waals surface area contributed by atoms with Crippen molar-refractivity contribution in [1.29, 1.82) is 0 Å². The molecule has 0 bridgehead atoms. The Balaban J connectivity index is 5.16. The van der Waals surface area contributed by atoms with Gasteiger partial charge in [-0.25, -0.2) is 9.13 Å². The average Bonchev–Trinajstić information content (AvgIpc) is 1.84. The Morgan fingerprint density at radius 3 is 0.739 bits per heavy atom. The Kier molecular flexibility index (Phi) is 64.9. The largest absolute Gasteiger partial charge is 0.472 e. The van der Waals surface area contributed by atoms with Gasteiger partial charge in [0.15, 0.2) is 12.2 Å². The van der Waals surface area contributed by atoms with E-state index in [9.17, 15) is 43.2 Å². The van der Waals surface area contributed by atoms with Crippen molar-refractivity contribution < 1.29 is 80.2 Å². The normalized spacial score (nSPS) is 14.0. The van der Waals surface area contributed by atoms with E-state index >= 15 is 0 Å². The van der Waals surface area contributed by atoms with Crippen molar-refractivity contribution in [2.24, 2.45) is 5.92 Å². The van der Waals surface area contributed by atoms with Crippen molar-refractivity contribution in [3.05, 3.63) is 0 Å². The van der Waals surface area contributed by atoms with E-state index in [0.717, 1.165) is 89.9 Å². The maximum absolute atomic E-state index is 13.0. The smallest absolute Gasteiger partial charge is 0.462 e. The van der Waals surface area contributed by atoms with E-state index in [2.05, 4.69) is 34.6 Å². The molecule has 17 nitrogen and oxygen atoms in total. The Hall–Kier alpha value is -1.94. The number of carbonyl (C=O) groups is 4. The summed E-state index contributed by atoms with van der Waals surface area (Å²) in [4.78, 5) is 72.5. The lowest BCUT2D eigenvalue weighted by atomic mass is 10.0. The number of carbonyl (C=O) groups excluding carboxylic acids is 4. The molecule has 0 aliphatic rings. The fourth-order valence-electron chi connectivity index (χ4n) is 11.2. The molecule has 0 aromatic carbocycles. The Bertz CT molecular complexity index is 1770. The molecule has 0 saturated heterocycles. The molecule has 0 heterocycles. The molecule has 0 aliphatic carbocycles. The van der Waals surface area contributed by atoms with Crippen molar-refractivity contribution >= 4 is 39.5 Å². The zero-order chi connectivity index (χ0) is 67.7. The molecule has 0 rings (SSSR count). The van der Waals surface area contributed by atoms with Gasteiger partial charge in [-0.3, -0.25) is 37.3 Å². The first kappa shape index (κ1) is 90.1. The number of ether oxygens (including phenoxy) is 4. The van der Waals surface area contributed by atoms with Crippen LogP contribution in [0, 0.1) is 5.92 Å². The second kappa shape index (κ2) is 66.3. The maximum atomic E-state index is 13.0. The molecular weight excluding hydrogens is 1210 g/mol. The number of phosphoric ester groups is 2. The van der Waals surface area contributed by atoms with Crippen LogP contribution in [0.5, 0.6) is 0 Å². The third-order valence-corrected chi connectivity index (χ3v) is 18.9. The first-order valence-corrected chi connectivity index (χ1v) is 41.1. The van der Waals surface area contributed by atoms with Gasteiger partial charge in [-0.1, -0.05) is 330 Å². The lowest BCUT2D eigenvalue weighted by molar-refractivity contribution is -0.161. The Labute approximate surface area is 562 Å². The lowest BCUT2D eigenvalue weighted by Crippen LogP contribution is -2.30. The monoisotopic (exact) mass is 1350 g/mol. The number of phosphoric acid groups is 2. The maximum Gasteiger partial charge on any atom is 0.472 e. The summed E-state index contributed by atoms with van der Waals surface area (Å²) in [5, 5.41) is 10.6. The number of hydrogen-bond donors (Lipinski definition) is 3. The highest BCUT2D eigenvalue weighted by molar-refractivity contribution is 7.47. The third-order valence-electron chi connectivity index (χ3n) is 17.0. The van der Waals surface area contributed by atoms with Crippen LogP contribution in [-0.2, 0) is 65.4 Å². The molecule has 0 spiro atoms. The summed E-state index contributed by atoms with van der Waals surface area (Å²) in [5.41, 5.74) is 0. The van der Waals surface area contributed by atoms with Gasteiger partial charge in [-0.15, -0.1) is 0 Å². The minimum atomic E-state index is -4.95. The molecular formula is C73H142O17P2. The first-order chi connectivity index (χ1) is 44.5. The Morgan fingerprint density at radius 2 is 0.500 bits per heavy atom. The quantitative estimate of drug-likeness (QED) is 0.0222. The molecule has 546 valence electrons. The predicted molar refractivity (Wildman–Crippen MR) is 372 cm³/mol. The van der Waals surface area contributed by atoms with Crippen LogP contribution in [0.25, 0.3) is 0 Å². The molecule has 5 atom stereocenters. The van der Waals surface area contributed by atoms with Gasteiger partial charge in [0.2, 0.25) is 0 Å². The highest BCUT2D eigenvalue weighted by Crippen LogP contribution is 2.45. The van der Waals surface area contributed by atoms with Crippen LogP contribution in [0.15, 0.2) is 0 Å². The zero-order valence-electron chi connectivity index (χ0n) is 59.7. The second-order valence-corrected chi connectivity index (χ2v) is 29.7. The summed E-state index contributed by atoms with van der Waals surface area (Å²) in [6, 6.07) is 0. The van der Waals surface area contributed by atoms with Gasteiger partial charge in [-0.05, 0) is 31.6 Å². The zero-order valence-corrected chi connectivity index (χ0v) is 61.5. The molecule has 92 heavy (non-hydrogen) atoms. The third kappa shape index (κ3) is 66.7. The number of esters is 4. The number of rotatable bonds is 73.